The SMILES string of the molecule is CCCCCCCCCCCCCC(=O)OCC(COC(=O)CCCCCCCCCCCCC)OC(=O)CCCCCCC.CCCCCCCCCCCCCCCC(=O)OCC(COC(=O)CCCCCCCCCCCCC)OC(=O)CCCCCCC. The molecule has 0 amide bonds. The molecule has 0 N–H and O–H groups in total. The molecule has 0 heterocycles. The number of ether oxygens (including phenoxy) is 6. The minimum atomic E-state index is -0.755. The molecular formula is C80H152O12. The average molecular weight is 1310 g/mol. The second kappa shape index (κ2) is 76.8. The van der Waals surface area contributed by atoms with Gasteiger partial charge >= 0.3 is 35.8 Å². The first-order valence-electron chi connectivity index (χ1n) is 40.1. The van der Waals surface area contributed by atoms with Crippen LogP contribution in [0.15, 0.2) is 0 Å². The topological polar surface area (TPSA) is 158 Å². The second-order valence-corrected chi connectivity index (χ2v) is 27.1. The maximum Gasteiger partial charge on any atom is 0.306 e. The summed E-state index contributed by atoms with van der Waals surface area (Å²) in [5.41, 5.74) is 0. The fourth-order valence-electron chi connectivity index (χ4n) is 11.6. The van der Waals surface area contributed by atoms with Gasteiger partial charge in [0.25, 0.3) is 0 Å². The van der Waals surface area contributed by atoms with E-state index in [0.717, 1.165) is 128 Å². The minimum absolute atomic E-state index is 0.0649. The molecule has 1 unspecified atom stereocenters. The zero-order valence-corrected chi connectivity index (χ0v) is 61.7. The normalized spacial score (nSPS) is 11.5. The molecule has 12 heteroatoms. The molecule has 0 radical (unpaired) electrons. The predicted octanol–water partition coefficient (Wildman–Crippen LogP) is 24.3. The Bertz CT molecular complexity index is 1540. The van der Waals surface area contributed by atoms with Crippen LogP contribution in [0.25, 0.3) is 0 Å². The molecule has 92 heavy (non-hydrogen) atoms. The summed E-state index contributed by atoms with van der Waals surface area (Å²) >= 11 is 0. The standard InChI is InChI=1S/C41H78O6.C39H74O6/c1-4-7-10-13-15-17-19-20-22-24-26-29-31-34-40(43)46-37-38(47-41(44)35-32-27-12-9-6-3)36-45-39(42)33-30-28-25-23-21-18-16-14-11-8-5-2;1-4-7-10-13-15-17-19-21-23-26-28-31-37(40)43-34-36(45-39(42)33-30-25-12-9-6-3)35-44-38(41)32-29-27-24-22-20-18-16-14-11-8-5-2/h38H,4-37H2,1-3H3;36H,4-35H2,1-3H3. The van der Waals surface area contributed by atoms with E-state index in [2.05, 4.69) is 41.5 Å². The van der Waals surface area contributed by atoms with Crippen LogP contribution in [0.3, 0.4) is 0 Å². The Morgan fingerprint density at radius 1 is 0.174 bits per heavy atom. The van der Waals surface area contributed by atoms with Crippen LogP contribution in [0, 0.1) is 0 Å². The second-order valence-electron chi connectivity index (χ2n) is 27.1. The van der Waals surface area contributed by atoms with Gasteiger partial charge in [0, 0.05) is 38.5 Å². The summed E-state index contributed by atoms with van der Waals surface area (Å²) in [5.74, 6) is -1.75. The van der Waals surface area contributed by atoms with Crippen molar-refractivity contribution in [2.24, 2.45) is 0 Å². The highest BCUT2D eigenvalue weighted by atomic mass is 16.6. The molecule has 0 aliphatic carbocycles. The number of rotatable bonds is 72. The van der Waals surface area contributed by atoms with Gasteiger partial charge in [0.1, 0.15) is 26.4 Å². The molecular weight excluding hydrogens is 1150 g/mol. The smallest absolute Gasteiger partial charge is 0.306 e. The Morgan fingerprint density at radius 2 is 0.293 bits per heavy atom. The van der Waals surface area contributed by atoms with Crippen molar-refractivity contribution in [1.82, 2.24) is 0 Å². The molecule has 0 bridgehead atoms. The van der Waals surface area contributed by atoms with Gasteiger partial charge in [0.2, 0.25) is 0 Å². The van der Waals surface area contributed by atoms with E-state index in [1.165, 1.54) is 231 Å². The van der Waals surface area contributed by atoms with Gasteiger partial charge in [-0.3, -0.25) is 28.8 Å². The highest BCUT2D eigenvalue weighted by molar-refractivity contribution is 5.72. The lowest BCUT2D eigenvalue weighted by molar-refractivity contribution is -0.167. The third kappa shape index (κ3) is 74.2. The molecule has 0 saturated carbocycles. The van der Waals surface area contributed by atoms with Gasteiger partial charge < -0.3 is 28.4 Å². The fraction of sp³-hybridized carbons (Fsp3) is 0.925. The zero-order chi connectivity index (χ0) is 67.5. The van der Waals surface area contributed by atoms with E-state index in [1.807, 2.05) is 0 Å². The average Bonchev–Trinajstić information content (AvgIpc) is 3.29. The van der Waals surface area contributed by atoms with Crippen LogP contribution in [0.1, 0.15) is 440 Å². The van der Waals surface area contributed by atoms with Gasteiger partial charge in [-0.25, -0.2) is 0 Å². The van der Waals surface area contributed by atoms with Crippen LogP contribution in [0.5, 0.6) is 0 Å². The van der Waals surface area contributed by atoms with Gasteiger partial charge in [-0.05, 0) is 38.5 Å². The summed E-state index contributed by atoms with van der Waals surface area (Å²) in [5, 5.41) is 0. The molecule has 0 saturated heterocycles. The van der Waals surface area contributed by atoms with Crippen LogP contribution >= 0.6 is 0 Å². The quantitative estimate of drug-likeness (QED) is 0.0323. The first-order chi connectivity index (χ1) is 45.1. The summed E-state index contributed by atoms with van der Waals surface area (Å²) in [6.07, 6.45) is 67.9. The van der Waals surface area contributed by atoms with Gasteiger partial charge in [-0.1, -0.05) is 363 Å². The zero-order valence-electron chi connectivity index (χ0n) is 61.7. The maximum atomic E-state index is 12.5. The van der Waals surface area contributed by atoms with Crippen LogP contribution in [0.2, 0.25) is 0 Å². The molecule has 0 fully saturated rings. The van der Waals surface area contributed by atoms with Gasteiger partial charge in [0.05, 0.1) is 0 Å². The third-order valence-electron chi connectivity index (χ3n) is 17.7. The lowest BCUT2D eigenvalue weighted by Gasteiger charge is -2.18. The molecule has 0 aliphatic heterocycles. The lowest BCUT2D eigenvalue weighted by Crippen LogP contribution is -2.30. The van der Waals surface area contributed by atoms with E-state index < -0.39 is 12.2 Å². The summed E-state index contributed by atoms with van der Waals surface area (Å²) < 4.78 is 33.0. The first-order valence-corrected chi connectivity index (χ1v) is 40.1. The summed E-state index contributed by atoms with van der Waals surface area (Å²) in [6.45, 7) is 13.1. The molecule has 1 atom stereocenters. The number of hydrogen-bond donors (Lipinski definition) is 0. The first kappa shape index (κ1) is 90.9. The number of hydrogen-bond acceptors (Lipinski definition) is 12. The van der Waals surface area contributed by atoms with Gasteiger partial charge in [0.15, 0.2) is 12.2 Å². The number of carbonyl (C=O) groups excluding carboxylic acids is 6. The van der Waals surface area contributed by atoms with Crippen molar-refractivity contribution in [3.63, 3.8) is 0 Å². The maximum absolute atomic E-state index is 12.5. The summed E-state index contributed by atoms with van der Waals surface area (Å²) in [6, 6.07) is 0. The van der Waals surface area contributed by atoms with Crippen molar-refractivity contribution in [3.8, 4) is 0 Å². The molecule has 0 aromatic carbocycles. The van der Waals surface area contributed by atoms with Crippen molar-refractivity contribution in [3.05, 3.63) is 0 Å². The fourth-order valence-corrected chi connectivity index (χ4v) is 11.6. The molecule has 0 rings (SSSR count). The van der Waals surface area contributed by atoms with Crippen molar-refractivity contribution in [2.45, 2.75) is 452 Å². The van der Waals surface area contributed by atoms with Crippen LogP contribution in [-0.4, -0.2) is 74.5 Å². The highest BCUT2D eigenvalue weighted by Gasteiger charge is 2.21. The van der Waals surface area contributed by atoms with E-state index in [0.29, 0.717) is 38.5 Å². The summed E-state index contributed by atoms with van der Waals surface area (Å²) in [7, 11) is 0. The van der Waals surface area contributed by atoms with E-state index in [9.17, 15) is 28.8 Å². The Labute approximate surface area is 568 Å². The number of esters is 6. The highest BCUT2D eigenvalue weighted by Crippen LogP contribution is 2.19. The predicted molar refractivity (Wildman–Crippen MR) is 384 cm³/mol. The van der Waals surface area contributed by atoms with Crippen molar-refractivity contribution >= 4 is 35.8 Å². The van der Waals surface area contributed by atoms with Gasteiger partial charge in [-0.2, -0.15) is 0 Å². The van der Waals surface area contributed by atoms with Crippen LogP contribution in [-0.2, 0) is 57.2 Å². The van der Waals surface area contributed by atoms with Gasteiger partial charge in [-0.15, -0.1) is 0 Å². The van der Waals surface area contributed by atoms with Crippen LogP contribution < -0.4 is 0 Å². The van der Waals surface area contributed by atoms with E-state index in [4.69, 9.17) is 28.4 Å². The Balaban J connectivity index is 0. The molecule has 12 nitrogen and oxygen atoms in total. The van der Waals surface area contributed by atoms with E-state index in [-0.39, 0.29) is 62.2 Å². The largest absolute Gasteiger partial charge is 0.462 e. The Kier molecular flexibility index (Phi) is 75.9. The van der Waals surface area contributed by atoms with Crippen LogP contribution in [0.4, 0.5) is 0 Å². The van der Waals surface area contributed by atoms with Crippen molar-refractivity contribution in [2.75, 3.05) is 26.4 Å². The van der Waals surface area contributed by atoms with E-state index >= 15 is 0 Å². The number of carbonyl (C=O) groups is 6. The Hall–Kier alpha value is -3.18. The molecule has 0 spiro atoms. The molecule has 0 aliphatic rings. The lowest BCUT2D eigenvalue weighted by atomic mass is 10.0. The summed E-state index contributed by atoms with van der Waals surface area (Å²) in [4.78, 5) is 74.4. The van der Waals surface area contributed by atoms with Crippen molar-refractivity contribution in [1.29, 1.82) is 0 Å². The van der Waals surface area contributed by atoms with E-state index in [1.54, 1.807) is 0 Å². The molecule has 0 aromatic rings. The monoisotopic (exact) mass is 1310 g/mol. The third-order valence-corrected chi connectivity index (χ3v) is 17.7. The molecule has 0 aromatic heterocycles. The van der Waals surface area contributed by atoms with Crippen molar-refractivity contribution < 1.29 is 57.2 Å². The number of unbranched alkanes of at least 4 members (excludes halogenated alkanes) is 50. The molecule has 544 valence electrons. The Morgan fingerprint density at radius 3 is 0.435 bits per heavy atom. The minimum Gasteiger partial charge on any atom is -0.462 e.